The highest BCUT2D eigenvalue weighted by molar-refractivity contribution is 6.29. The van der Waals surface area contributed by atoms with Crippen LogP contribution in [0.15, 0.2) is 247 Å². The molecule has 0 atom stereocenters. The number of benzene rings is 11. The van der Waals surface area contributed by atoms with Crippen LogP contribution in [0.3, 0.4) is 0 Å². The summed E-state index contributed by atoms with van der Waals surface area (Å²) in [6, 6.07) is 88.5. The summed E-state index contributed by atoms with van der Waals surface area (Å²) in [7, 11) is 0. The average molecular weight is 905 g/mol. The van der Waals surface area contributed by atoms with E-state index in [0.717, 1.165) is 61.3 Å². The zero-order valence-corrected chi connectivity index (χ0v) is 38.3. The summed E-state index contributed by atoms with van der Waals surface area (Å²) in [6.45, 7) is 0. The summed E-state index contributed by atoms with van der Waals surface area (Å²) < 4.78 is 16.3. The van der Waals surface area contributed by atoms with E-state index in [1.807, 2.05) is 6.07 Å². The third kappa shape index (κ3) is 5.29. The van der Waals surface area contributed by atoms with E-state index < -0.39 is 0 Å². The lowest BCUT2D eigenvalue weighted by molar-refractivity contribution is 0.669. The van der Waals surface area contributed by atoms with Crippen molar-refractivity contribution in [3.63, 3.8) is 0 Å². The number of furan rings is 1. The molecule has 71 heavy (non-hydrogen) atoms. The zero-order chi connectivity index (χ0) is 46.3. The van der Waals surface area contributed by atoms with Gasteiger partial charge in [0.25, 0.3) is 0 Å². The Kier molecular flexibility index (Phi) is 7.82. The standard InChI is InChI=1S/C66H40N4O/c1-3-16-43(17-4-1)67-55-24-11-7-20-46(55)49-35-37-51-52-38-36-50-47-21-8-12-25-56(47)68(44-18-5-2-6-19-44)64(50)66(52)69(65(51)63(49)67)45-33-30-41(31-34-45)42-32-39-58-54(40-42)48-22-9-13-26-57(48)70(58)59-27-15-29-61-62(59)53-23-10-14-28-60(53)71-61/h1-40H. The van der Waals surface area contributed by atoms with Crippen molar-refractivity contribution in [2.24, 2.45) is 0 Å². The van der Waals surface area contributed by atoms with Crippen LogP contribution in [0.2, 0.25) is 0 Å². The predicted molar refractivity (Wildman–Crippen MR) is 297 cm³/mol. The number of para-hydroxylation sites is 6. The van der Waals surface area contributed by atoms with E-state index in [9.17, 15) is 0 Å². The Labute approximate surface area is 406 Å². The summed E-state index contributed by atoms with van der Waals surface area (Å²) in [5.74, 6) is 0. The first-order valence-electron chi connectivity index (χ1n) is 24.3. The predicted octanol–water partition coefficient (Wildman–Crippen LogP) is 17.6. The maximum absolute atomic E-state index is 6.38. The molecule has 330 valence electrons. The van der Waals surface area contributed by atoms with Gasteiger partial charge in [-0.2, -0.15) is 0 Å². The van der Waals surface area contributed by atoms with Crippen molar-refractivity contribution in [2.75, 3.05) is 0 Å². The van der Waals surface area contributed by atoms with Crippen LogP contribution in [0.4, 0.5) is 0 Å². The van der Waals surface area contributed by atoms with Crippen molar-refractivity contribution < 1.29 is 4.42 Å². The quantitative estimate of drug-likeness (QED) is 0.169. The van der Waals surface area contributed by atoms with Gasteiger partial charge in [-0.1, -0.05) is 158 Å². The summed E-state index contributed by atoms with van der Waals surface area (Å²) in [5, 5.41) is 12.0. The van der Waals surface area contributed by atoms with Crippen LogP contribution in [0, 0.1) is 0 Å². The highest BCUT2D eigenvalue weighted by Crippen LogP contribution is 2.46. The normalized spacial score (nSPS) is 12.2. The number of fused-ring (bicyclic) bond motifs is 17. The van der Waals surface area contributed by atoms with Gasteiger partial charge in [0, 0.05) is 65.5 Å². The van der Waals surface area contributed by atoms with Gasteiger partial charge < -0.3 is 22.7 Å². The van der Waals surface area contributed by atoms with Crippen LogP contribution in [-0.4, -0.2) is 18.3 Å². The number of nitrogens with zero attached hydrogens (tertiary/aromatic N) is 4. The van der Waals surface area contributed by atoms with Crippen LogP contribution in [0.5, 0.6) is 0 Å². The molecule has 0 N–H and O–H groups in total. The Balaban J connectivity index is 0.967. The second-order valence-electron chi connectivity index (χ2n) is 18.8. The fourth-order valence-corrected chi connectivity index (χ4v) is 12.2. The third-order valence-corrected chi connectivity index (χ3v) is 15.1. The van der Waals surface area contributed by atoms with Gasteiger partial charge >= 0.3 is 0 Å². The second kappa shape index (κ2) is 14.5. The van der Waals surface area contributed by atoms with Gasteiger partial charge in [-0.05, 0) is 96.1 Å². The minimum atomic E-state index is 0.888. The minimum Gasteiger partial charge on any atom is -0.456 e. The highest BCUT2D eigenvalue weighted by Gasteiger charge is 2.26. The lowest BCUT2D eigenvalue weighted by Crippen LogP contribution is -2.00. The topological polar surface area (TPSA) is 32.9 Å². The van der Waals surface area contributed by atoms with Gasteiger partial charge in [-0.3, -0.25) is 0 Å². The van der Waals surface area contributed by atoms with Crippen molar-refractivity contribution >= 4 is 109 Å². The summed E-state index contributed by atoms with van der Waals surface area (Å²) in [6.07, 6.45) is 0. The van der Waals surface area contributed by atoms with Crippen molar-refractivity contribution in [2.45, 2.75) is 0 Å². The number of aromatic nitrogens is 4. The molecule has 0 amide bonds. The fourth-order valence-electron chi connectivity index (χ4n) is 12.2. The molecule has 0 spiro atoms. The fraction of sp³-hybridized carbons (Fsp3) is 0. The number of rotatable bonds is 5. The van der Waals surface area contributed by atoms with Gasteiger partial charge in [-0.15, -0.1) is 0 Å². The Morgan fingerprint density at radius 1 is 0.239 bits per heavy atom. The molecule has 0 aliphatic rings. The molecule has 0 saturated heterocycles. The van der Waals surface area contributed by atoms with Crippen molar-refractivity contribution in [3.8, 4) is 33.9 Å². The first-order chi connectivity index (χ1) is 35.3. The van der Waals surface area contributed by atoms with E-state index in [-0.39, 0.29) is 0 Å². The maximum atomic E-state index is 6.38. The molecule has 0 aliphatic carbocycles. The molecule has 0 bridgehead atoms. The second-order valence-corrected chi connectivity index (χ2v) is 18.8. The Morgan fingerprint density at radius 2 is 0.662 bits per heavy atom. The van der Waals surface area contributed by atoms with Crippen LogP contribution in [0.25, 0.3) is 143 Å². The molecule has 0 fully saturated rings. The Morgan fingerprint density at radius 3 is 1.25 bits per heavy atom. The molecule has 0 aliphatic heterocycles. The van der Waals surface area contributed by atoms with E-state index in [1.165, 1.54) is 81.8 Å². The molecule has 5 nitrogen and oxygen atoms in total. The lowest BCUT2D eigenvalue weighted by Gasteiger charge is -2.15. The van der Waals surface area contributed by atoms with E-state index >= 15 is 0 Å². The van der Waals surface area contributed by atoms with Gasteiger partial charge in [0.05, 0.1) is 55.2 Å². The lowest BCUT2D eigenvalue weighted by atomic mass is 10.0. The average Bonchev–Trinajstić information content (AvgIpc) is 4.24. The molecule has 5 heterocycles. The first-order valence-corrected chi connectivity index (χ1v) is 24.3. The van der Waals surface area contributed by atoms with Crippen molar-refractivity contribution in [1.29, 1.82) is 0 Å². The first kappa shape index (κ1) is 38.4. The van der Waals surface area contributed by atoms with Gasteiger partial charge in [0.2, 0.25) is 0 Å². The molecule has 0 saturated carbocycles. The highest BCUT2D eigenvalue weighted by atomic mass is 16.3. The molecular weight excluding hydrogens is 865 g/mol. The maximum Gasteiger partial charge on any atom is 0.137 e. The molecule has 5 heteroatoms. The van der Waals surface area contributed by atoms with Gasteiger partial charge in [0.1, 0.15) is 11.2 Å². The number of hydrogen-bond acceptors (Lipinski definition) is 1. The van der Waals surface area contributed by atoms with Crippen LogP contribution in [-0.2, 0) is 0 Å². The van der Waals surface area contributed by atoms with Gasteiger partial charge in [0.15, 0.2) is 0 Å². The molecular formula is C66H40N4O. The van der Waals surface area contributed by atoms with E-state index in [0.29, 0.717) is 0 Å². The van der Waals surface area contributed by atoms with E-state index in [2.05, 4.69) is 255 Å². The number of hydrogen-bond donors (Lipinski definition) is 0. The minimum absolute atomic E-state index is 0.888. The Bertz CT molecular complexity index is 4680. The molecule has 11 aromatic carbocycles. The van der Waals surface area contributed by atoms with Crippen LogP contribution in [0.1, 0.15) is 0 Å². The molecule has 5 aromatic heterocycles. The van der Waals surface area contributed by atoms with Crippen molar-refractivity contribution in [1.82, 2.24) is 18.3 Å². The van der Waals surface area contributed by atoms with E-state index in [1.54, 1.807) is 0 Å². The molecule has 16 rings (SSSR count). The monoisotopic (exact) mass is 904 g/mol. The third-order valence-electron chi connectivity index (χ3n) is 15.1. The summed E-state index contributed by atoms with van der Waals surface area (Å²) in [4.78, 5) is 0. The molecule has 0 radical (unpaired) electrons. The smallest absolute Gasteiger partial charge is 0.137 e. The summed E-state index contributed by atoms with van der Waals surface area (Å²) >= 11 is 0. The SMILES string of the molecule is c1ccc(-n2c3ccccc3c3ccc4c5ccc6c7ccccc7n(-c7ccccc7)c6c5n(-c5ccc(-c6ccc7c(c6)c6ccccc6n7-c6cccc7oc8ccccc8c67)cc5)c4c32)cc1. The van der Waals surface area contributed by atoms with Crippen LogP contribution >= 0.6 is 0 Å². The molecule has 0 unspecified atom stereocenters. The summed E-state index contributed by atoms with van der Waals surface area (Å²) in [5.41, 5.74) is 18.0. The molecule has 16 aromatic rings. The van der Waals surface area contributed by atoms with Crippen LogP contribution < -0.4 is 0 Å². The van der Waals surface area contributed by atoms with Crippen molar-refractivity contribution in [3.05, 3.63) is 243 Å². The van der Waals surface area contributed by atoms with E-state index in [4.69, 9.17) is 4.42 Å². The zero-order valence-electron chi connectivity index (χ0n) is 38.3. The Hall–Kier alpha value is -9.58. The largest absolute Gasteiger partial charge is 0.456 e. The van der Waals surface area contributed by atoms with Gasteiger partial charge in [-0.25, -0.2) is 0 Å².